The second kappa shape index (κ2) is 8.89. The quantitative estimate of drug-likeness (QED) is 0.602. The highest BCUT2D eigenvalue weighted by atomic mass is 35.5. The van der Waals surface area contributed by atoms with Crippen molar-refractivity contribution in [2.75, 3.05) is 6.54 Å². The molecule has 0 radical (unpaired) electrons. The van der Waals surface area contributed by atoms with Crippen molar-refractivity contribution in [3.05, 3.63) is 34.9 Å². The molecule has 1 atom stereocenters. The number of halogens is 1. The minimum atomic E-state index is -0.999. The number of carbonyl (C=O) groups is 3. The Balaban J connectivity index is 2.23. The van der Waals surface area contributed by atoms with Crippen molar-refractivity contribution in [2.45, 2.75) is 25.9 Å². The van der Waals surface area contributed by atoms with Gasteiger partial charge in [-0.3, -0.25) is 9.59 Å². The van der Waals surface area contributed by atoms with E-state index in [1.807, 2.05) is 0 Å². The smallest absolute Gasteiger partial charge is 0.315 e. The van der Waals surface area contributed by atoms with E-state index in [9.17, 15) is 14.4 Å². The molecule has 0 bridgehead atoms. The first-order chi connectivity index (χ1) is 10.4. The van der Waals surface area contributed by atoms with Crippen LogP contribution in [0.1, 0.15) is 18.9 Å². The number of rotatable bonds is 7. The molecular weight excluding hydrogens is 310 g/mol. The summed E-state index contributed by atoms with van der Waals surface area (Å²) in [5.74, 6) is -1.45. The van der Waals surface area contributed by atoms with E-state index < -0.39 is 23.9 Å². The van der Waals surface area contributed by atoms with Gasteiger partial charge in [0.15, 0.2) is 0 Å². The molecule has 8 heteroatoms. The molecular formula is C14H18ClN3O4. The number of hydrogen-bond donors (Lipinski definition) is 4. The Morgan fingerprint density at radius 2 is 1.82 bits per heavy atom. The van der Waals surface area contributed by atoms with Gasteiger partial charge < -0.3 is 21.1 Å². The first kappa shape index (κ1) is 17.8. The molecule has 0 aliphatic rings. The van der Waals surface area contributed by atoms with Crippen molar-refractivity contribution in [2.24, 2.45) is 0 Å². The third-order valence-corrected chi connectivity index (χ3v) is 2.92. The Kier molecular flexibility index (Phi) is 7.18. The summed E-state index contributed by atoms with van der Waals surface area (Å²) in [6.07, 6.45) is -0.172. The molecule has 0 aliphatic carbocycles. The molecule has 22 heavy (non-hydrogen) atoms. The number of carboxylic acid groups (broad SMARTS) is 1. The van der Waals surface area contributed by atoms with Gasteiger partial charge in [0.25, 0.3) is 0 Å². The molecule has 1 aromatic carbocycles. The first-order valence-electron chi connectivity index (χ1n) is 6.64. The Morgan fingerprint density at radius 1 is 1.18 bits per heavy atom. The topological polar surface area (TPSA) is 108 Å². The molecule has 1 rings (SSSR count). The van der Waals surface area contributed by atoms with E-state index in [2.05, 4.69) is 16.0 Å². The third-order valence-electron chi connectivity index (χ3n) is 2.66. The van der Waals surface area contributed by atoms with Crippen LogP contribution in [0.3, 0.4) is 0 Å². The summed E-state index contributed by atoms with van der Waals surface area (Å²) in [5.41, 5.74) is 0.874. The Labute approximate surface area is 133 Å². The molecule has 0 saturated carbocycles. The minimum Gasteiger partial charge on any atom is -0.481 e. The van der Waals surface area contributed by atoms with Crippen LogP contribution in [0.25, 0.3) is 0 Å². The number of aliphatic carboxylic acids is 1. The van der Waals surface area contributed by atoms with Crippen LogP contribution < -0.4 is 16.0 Å². The maximum Gasteiger partial charge on any atom is 0.315 e. The summed E-state index contributed by atoms with van der Waals surface area (Å²) < 4.78 is 0. The molecule has 1 aromatic rings. The van der Waals surface area contributed by atoms with E-state index in [0.29, 0.717) is 11.6 Å². The monoisotopic (exact) mass is 327 g/mol. The molecule has 0 fully saturated rings. The summed E-state index contributed by atoms with van der Waals surface area (Å²) in [6.45, 7) is 1.66. The highest BCUT2D eigenvalue weighted by Gasteiger charge is 2.11. The second-order valence-electron chi connectivity index (χ2n) is 4.73. The molecule has 1 unspecified atom stereocenters. The molecule has 4 N–H and O–H groups in total. The summed E-state index contributed by atoms with van der Waals surface area (Å²) in [4.78, 5) is 33.5. The lowest BCUT2D eigenvalue weighted by molar-refractivity contribution is -0.137. The first-order valence-corrected chi connectivity index (χ1v) is 7.02. The van der Waals surface area contributed by atoms with Gasteiger partial charge in [-0.15, -0.1) is 0 Å². The zero-order chi connectivity index (χ0) is 16.5. The van der Waals surface area contributed by atoms with Crippen LogP contribution in [0, 0.1) is 0 Å². The fourth-order valence-electron chi connectivity index (χ4n) is 1.65. The van der Waals surface area contributed by atoms with Crippen LogP contribution in [-0.2, 0) is 16.1 Å². The van der Waals surface area contributed by atoms with Crippen LogP contribution in [0.15, 0.2) is 24.3 Å². The molecule has 120 valence electrons. The van der Waals surface area contributed by atoms with Gasteiger partial charge in [0.2, 0.25) is 5.91 Å². The van der Waals surface area contributed by atoms with E-state index in [-0.39, 0.29) is 13.0 Å². The van der Waals surface area contributed by atoms with Crippen molar-refractivity contribution in [3.63, 3.8) is 0 Å². The number of benzene rings is 1. The SMILES string of the molecule is CC(CC(=O)O)NC(=O)CNC(=O)NCc1ccc(Cl)cc1. The van der Waals surface area contributed by atoms with E-state index in [4.69, 9.17) is 16.7 Å². The van der Waals surface area contributed by atoms with Crippen LogP contribution >= 0.6 is 11.6 Å². The molecule has 7 nitrogen and oxygen atoms in total. The third kappa shape index (κ3) is 7.49. The molecule has 3 amide bonds. The molecule has 0 aliphatic heterocycles. The Bertz CT molecular complexity index is 533. The number of urea groups is 1. The normalized spacial score (nSPS) is 11.4. The van der Waals surface area contributed by atoms with Gasteiger partial charge in [-0.25, -0.2) is 4.79 Å². The van der Waals surface area contributed by atoms with Gasteiger partial charge in [0.1, 0.15) is 0 Å². The number of nitrogens with one attached hydrogen (secondary N) is 3. The average molecular weight is 328 g/mol. The lowest BCUT2D eigenvalue weighted by Gasteiger charge is -2.12. The van der Waals surface area contributed by atoms with Crippen LogP contribution in [0.4, 0.5) is 4.79 Å². The zero-order valence-corrected chi connectivity index (χ0v) is 12.8. The summed E-state index contributed by atoms with van der Waals surface area (Å²) in [5, 5.41) is 16.6. The largest absolute Gasteiger partial charge is 0.481 e. The highest BCUT2D eigenvalue weighted by molar-refractivity contribution is 6.30. The number of carbonyl (C=O) groups excluding carboxylic acids is 2. The molecule has 0 aromatic heterocycles. The van der Waals surface area contributed by atoms with Crippen molar-refractivity contribution >= 4 is 29.5 Å². The maximum atomic E-state index is 11.5. The van der Waals surface area contributed by atoms with Gasteiger partial charge >= 0.3 is 12.0 Å². The van der Waals surface area contributed by atoms with Gasteiger partial charge in [0.05, 0.1) is 13.0 Å². The van der Waals surface area contributed by atoms with E-state index in [1.165, 1.54) is 0 Å². The molecule has 0 spiro atoms. The van der Waals surface area contributed by atoms with Gasteiger partial charge in [0, 0.05) is 17.6 Å². The minimum absolute atomic E-state index is 0.172. The standard InChI is InChI=1S/C14H18ClN3O4/c1-9(6-13(20)21)18-12(19)8-17-14(22)16-7-10-2-4-11(15)5-3-10/h2-5,9H,6-8H2,1H3,(H,18,19)(H,20,21)(H2,16,17,22). The second-order valence-corrected chi connectivity index (χ2v) is 5.17. The molecule has 0 heterocycles. The van der Waals surface area contributed by atoms with Crippen molar-refractivity contribution < 1.29 is 19.5 Å². The van der Waals surface area contributed by atoms with E-state index in [1.54, 1.807) is 31.2 Å². The Hall–Kier alpha value is -2.28. The van der Waals surface area contributed by atoms with E-state index in [0.717, 1.165) is 5.56 Å². The lowest BCUT2D eigenvalue weighted by atomic mass is 10.2. The van der Waals surface area contributed by atoms with Crippen LogP contribution in [0.2, 0.25) is 5.02 Å². The fourth-order valence-corrected chi connectivity index (χ4v) is 1.77. The predicted octanol–water partition coefficient (Wildman–Crippen LogP) is 1.12. The molecule has 0 saturated heterocycles. The zero-order valence-electron chi connectivity index (χ0n) is 12.1. The highest BCUT2D eigenvalue weighted by Crippen LogP contribution is 2.08. The van der Waals surface area contributed by atoms with Gasteiger partial charge in [-0.05, 0) is 24.6 Å². The van der Waals surface area contributed by atoms with Crippen molar-refractivity contribution in [1.29, 1.82) is 0 Å². The fraction of sp³-hybridized carbons (Fsp3) is 0.357. The predicted molar refractivity (Wildman–Crippen MR) is 81.5 cm³/mol. The summed E-state index contributed by atoms with van der Waals surface area (Å²) in [6, 6.07) is 6.01. The van der Waals surface area contributed by atoms with Crippen molar-refractivity contribution in [3.8, 4) is 0 Å². The number of hydrogen-bond acceptors (Lipinski definition) is 3. The average Bonchev–Trinajstić information content (AvgIpc) is 2.43. The Morgan fingerprint density at radius 3 is 2.41 bits per heavy atom. The lowest BCUT2D eigenvalue weighted by Crippen LogP contribution is -2.44. The van der Waals surface area contributed by atoms with Crippen LogP contribution in [0.5, 0.6) is 0 Å². The van der Waals surface area contributed by atoms with Crippen LogP contribution in [-0.4, -0.2) is 35.6 Å². The number of amides is 3. The van der Waals surface area contributed by atoms with Gasteiger partial charge in [-0.2, -0.15) is 0 Å². The number of carboxylic acids is 1. The van der Waals surface area contributed by atoms with Gasteiger partial charge in [-0.1, -0.05) is 23.7 Å². The summed E-state index contributed by atoms with van der Waals surface area (Å²) >= 11 is 5.75. The van der Waals surface area contributed by atoms with E-state index >= 15 is 0 Å². The maximum absolute atomic E-state index is 11.5. The van der Waals surface area contributed by atoms with Crippen molar-refractivity contribution in [1.82, 2.24) is 16.0 Å². The summed E-state index contributed by atoms with van der Waals surface area (Å²) in [7, 11) is 0.